The lowest BCUT2D eigenvalue weighted by Crippen LogP contribution is -2.60. The first-order chi connectivity index (χ1) is 58.3. The summed E-state index contributed by atoms with van der Waals surface area (Å²) in [5, 5.41) is 96.8. The molecule has 4 heterocycles. The van der Waals surface area contributed by atoms with Gasteiger partial charge in [0, 0.05) is 129 Å². The minimum atomic E-state index is -1.81. The molecule has 0 spiro atoms. The molecule has 29 N–H and O–H groups in total. The van der Waals surface area contributed by atoms with Crippen molar-refractivity contribution in [3.63, 3.8) is 0 Å². The summed E-state index contributed by atoms with van der Waals surface area (Å²) in [4.78, 5) is 200. The number of aliphatic carboxylic acids is 3. The maximum absolute atomic E-state index is 14.6. The molecule has 11 amide bonds. The molecule has 0 aliphatic carbocycles. The Kier molecular flexibility index (Phi) is 35.2. The number of benzene rings is 4. The van der Waals surface area contributed by atoms with E-state index in [2.05, 4.69) is 89.1 Å². The molecular formula is C80H104N24O18. The molecule has 0 aliphatic rings. The number of carboxylic acid groups (broad SMARTS) is 3. The molecule has 4 aromatic carbocycles. The highest BCUT2D eigenvalue weighted by atomic mass is 16.4. The normalized spacial score (nSPS) is 13.9. The van der Waals surface area contributed by atoms with Crippen LogP contribution in [0.5, 0.6) is 0 Å². The lowest BCUT2D eigenvalue weighted by molar-refractivity contribution is -0.142. The van der Waals surface area contributed by atoms with Gasteiger partial charge in [-0.1, -0.05) is 90.1 Å². The molecule has 0 fully saturated rings. The standard InChI is InChI=1S/C80H104N24O18/c1-43(106)92-62(33-44-15-3-2-4-16-44)74(117)94-56(24-13-30-87-79(83)84)70(113)96-59(27-29-67(109)110)73(116)99-63(35-46-39-90-54-21-9-6-18-50(46)54)75(118)97-60(78(121)122)23-11-12-32-104-41-48(102-103-104)37-52(81)69(112)93-58(26-28-66(107)108)72(115)100-64(36-47-40-91-55-22-10-7-19-51(47)55)76(119)101-65(42-105)77(120)95-57(25-14-31-88-80(85)86)71(114)98-61(68(82)111)34-45-38-89-53-20-8-5-17-49(45)53/h2-10,15-22,38-41,52,56-65,89-91,105H,11-14,23-37,42,81H2,1H3,(H2,82,111)(H,92,106)(H,93,112)(H,94,117)(H,95,120)(H,96,113)(H,97,118)(H,98,114)(H,99,116)(H,100,115)(H,101,119)(H,107,108)(H,109,110)(H,121,122)(H4,83,84,87)(H4,85,86,88)/t52?,56-,57?,58-,59?,60?,61-,62-,63-,64?,65-/m1/s1. The lowest BCUT2D eigenvalue weighted by atomic mass is 10.0. The van der Waals surface area contributed by atoms with Crippen LogP contribution in [0.25, 0.3) is 32.7 Å². The number of guanidine groups is 2. The van der Waals surface area contributed by atoms with Gasteiger partial charge in [-0.3, -0.25) is 77.8 Å². The van der Waals surface area contributed by atoms with Gasteiger partial charge >= 0.3 is 17.9 Å². The van der Waals surface area contributed by atoms with Gasteiger partial charge in [0.2, 0.25) is 65.0 Å². The smallest absolute Gasteiger partial charge is 0.326 e. The van der Waals surface area contributed by atoms with Gasteiger partial charge in [0.15, 0.2) is 11.9 Å². The summed E-state index contributed by atoms with van der Waals surface area (Å²) in [6, 6.07) is 13.1. The number of nitrogens with zero attached hydrogens (tertiary/aromatic N) is 3. The van der Waals surface area contributed by atoms with Crippen LogP contribution in [0.1, 0.15) is 106 Å². The number of aliphatic hydroxyl groups is 1. The van der Waals surface area contributed by atoms with Crippen LogP contribution < -0.4 is 86.7 Å². The van der Waals surface area contributed by atoms with E-state index in [1.165, 1.54) is 17.8 Å². The first kappa shape index (κ1) is 93.2. The number of aromatic amines is 3. The summed E-state index contributed by atoms with van der Waals surface area (Å²) >= 11 is 0. The number of aliphatic hydroxyl groups excluding tert-OH is 1. The molecule has 4 aromatic heterocycles. The number of nitrogens with two attached hydrogens (primary N) is 4. The number of hydrogen-bond donors (Lipinski definition) is 25. The fourth-order valence-corrected chi connectivity index (χ4v) is 13.6. The number of H-pyrrole nitrogens is 3. The number of amides is 11. The number of unbranched alkanes of at least 4 members (excludes halogenated alkanes) is 1. The van der Waals surface area contributed by atoms with Crippen molar-refractivity contribution in [1.29, 1.82) is 10.8 Å². The second-order valence-electron chi connectivity index (χ2n) is 29.2. The third-order valence-corrected chi connectivity index (χ3v) is 19.9. The fraction of sp³-hybridized carbons (Fsp3) is 0.400. The van der Waals surface area contributed by atoms with Crippen molar-refractivity contribution >= 4 is 128 Å². The molecule has 0 aliphatic heterocycles. The number of rotatable bonds is 51. The van der Waals surface area contributed by atoms with Crippen molar-refractivity contribution < 1.29 is 87.5 Å². The summed E-state index contributed by atoms with van der Waals surface area (Å²) in [5.41, 5.74) is 27.6. The average Bonchev–Trinajstić information content (AvgIpc) is 1.68. The average molecular weight is 1690 g/mol. The highest BCUT2D eigenvalue weighted by Gasteiger charge is 2.37. The Morgan fingerprint density at radius 3 is 1.20 bits per heavy atom. The summed E-state index contributed by atoms with van der Waals surface area (Å²) in [7, 11) is 0. The van der Waals surface area contributed by atoms with Crippen molar-refractivity contribution in [3.8, 4) is 0 Å². The maximum Gasteiger partial charge on any atom is 0.326 e. The van der Waals surface area contributed by atoms with E-state index in [1.807, 2.05) is 12.1 Å². The quantitative estimate of drug-likeness (QED) is 0.0106. The molecule has 8 aromatic rings. The van der Waals surface area contributed by atoms with Crippen LogP contribution in [0.4, 0.5) is 0 Å². The topological polar surface area (TPSA) is 694 Å². The minimum absolute atomic E-state index is 0.0153. The third-order valence-electron chi connectivity index (χ3n) is 19.9. The first-order valence-electron chi connectivity index (χ1n) is 39.4. The number of para-hydroxylation sites is 3. The van der Waals surface area contributed by atoms with Crippen LogP contribution >= 0.6 is 0 Å². The molecule has 0 saturated carbocycles. The highest BCUT2D eigenvalue weighted by Crippen LogP contribution is 2.24. The van der Waals surface area contributed by atoms with Gasteiger partial charge in [0.05, 0.1) is 18.3 Å². The molecule has 42 heteroatoms. The molecule has 652 valence electrons. The molecule has 8 rings (SSSR count). The zero-order valence-electron chi connectivity index (χ0n) is 66.8. The van der Waals surface area contributed by atoms with E-state index in [0.29, 0.717) is 44.1 Å². The van der Waals surface area contributed by atoms with Gasteiger partial charge in [-0.2, -0.15) is 0 Å². The lowest BCUT2D eigenvalue weighted by Gasteiger charge is -2.27. The molecule has 42 nitrogen and oxygen atoms in total. The zero-order valence-corrected chi connectivity index (χ0v) is 66.8. The van der Waals surface area contributed by atoms with Gasteiger partial charge in [-0.25, -0.2) is 4.79 Å². The molecule has 11 atom stereocenters. The predicted molar refractivity (Wildman–Crippen MR) is 443 cm³/mol. The molecule has 0 radical (unpaired) electrons. The predicted octanol–water partition coefficient (Wildman–Crippen LogP) is -2.58. The number of carbonyl (C=O) groups excluding carboxylic acids is 11. The van der Waals surface area contributed by atoms with Crippen LogP contribution in [-0.4, -0.2) is 231 Å². The van der Waals surface area contributed by atoms with Crippen LogP contribution in [0.2, 0.25) is 0 Å². The summed E-state index contributed by atoms with van der Waals surface area (Å²) in [6.07, 6.45) is 3.06. The Hall–Kier alpha value is -14.3. The number of carbonyl (C=O) groups is 14. The Bertz CT molecular complexity index is 5030. The second-order valence-corrected chi connectivity index (χ2v) is 29.2. The Morgan fingerprint density at radius 1 is 0.418 bits per heavy atom. The monoisotopic (exact) mass is 1690 g/mol. The van der Waals surface area contributed by atoms with Gasteiger partial charge in [0.1, 0.15) is 60.4 Å². The van der Waals surface area contributed by atoms with Crippen molar-refractivity contribution in [2.24, 2.45) is 22.9 Å². The molecular weight excluding hydrogens is 1590 g/mol. The van der Waals surface area contributed by atoms with Crippen LogP contribution in [-0.2, 0) is 106 Å². The largest absolute Gasteiger partial charge is 0.481 e. The van der Waals surface area contributed by atoms with Gasteiger partial charge in [-0.05, 0) is 98.2 Å². The van der Waals surface area contributed by atoms with E-state index in [4.69, 9.17) is 33.8 Å². The number of primary amides is 1. The number of aryl methyl sites for hydroxylation is 1. The van der Waals surface area contributed by atoms with E-state index >= 15 is 0 Å². The third kappa shape index (κ3) is 29.0. The van der Waals surface area contributed by atoms with Crippen LogP contribution in [0.3, 0.4) is 0 Å². The zero-order chi connectivity index (χ0) is 88.5. The van der Waals surface area contributed by atoms with E-state index in [1.54, 1.807) is 110 Å². The van der Waals surface area contributed by atoms with Crippen molar-refractivity contribution in [1.82, 2.24) is 93.7 Å². The van der Waals surface area contributed by atoms with Gasteiger partial charge in [-0.15, -0.1) is 5.10 Å². The molecule has 0 saturated heterocycles. The SMILES string of the molecule is CC(=O)N[C@H](Cc1ccccc1)C(=O)N[C@H](CCCNC(=N)N)C(=O)NC(CCC(=O)O)C(=O)N[C@H](Cc1c[nH]c2ccccc12)C(=O)NC(CCCCn1cc(CC(N)C(=O)N[C@H](CCC(=O)O)C(=O)NC(Cc2c[nH]c3ccccc23)C(=O)N[C@H](CO)C(=O)NC(CCCNC(=N)N)C(=O)N[C@H](Cc2c[nH]c3ccccc23)C(N)=O)nn1)C(=O)O. The number of nitrogens with one attached hydrogen (secondary N) is 17. The van der Waals surface area contributed by atoms with Crippen molar-refractivity contribution in [2.45, 2.75) is 183 Å². The van der Waals surface area contributed by atoms with E-state index in [0.717, 1.165) is 10.9 Å². The van der Waals surface area contributed by atoms with Crippen LogP contribution in [0.15, 0.2) is 128 Å². The fourth-order valence-electron chi connectivity index (χ4n) is 13.6. The molecule has 122 heavy (non-hydrogen) atoms. The number of fused-ring (bicyclic) bond motifs is 3. The summed E-state index contributed by atoms with van der Waals surface area (Å²) in [5.74, 6) is -15.2. The number of carboxylic acids is 3. The molecule has 0 bridgehead atoms. The Balaban J connectivity index is 0.903. The van der Waals surface area contributed by atoms with E-state index in [-0.39, 0.29) is 114 Å². The van der Waals surface area contributed by atoms with Crippen molar-refractivity contribution in [3.05, 3.63) is 156 Å². The van der Waals surface area contributed by atoms with Gasteiger partial charge in [0.25, 0.3) is 0 Å². The van der Waals surface area contributed by atoms with Gasteiger partial charge < -0.3 is 122 Å². The maximum atomic E-state index is 14.6. The van der Waals surface area contributed by atoms with Crippen molar-refractivity contribution in [2.75, 3.05) is 19.7 Å². The Morgan fingerprint density at radius 2 is 0.779 bits per heavy atom. The van der Waals surface area contributed by atoms with Crippen LogP contribution in [0, 0.1) is 10.8 Å². The van der Waals surface area contributed by atoms with E-state index in [9.17, 15) is 87.5 Å². The minimum Gasteiger partial charge on any atom is -0.481 e. The summed E-state index contributed by atoms with van der Waals surface area (Å²) in [6.45, 7) is 0.370. The molecule has 5 unspecified atom stereocenters. The number of hydrogen-bond acceptors (Lipinski definition) is 20. The Labute approximate surface area is 697 Å². The second kappa shape index (κ2) is 46.1. The number of aromatic nitrogens is 6. The summed E-state index contributed by atoms with van der Waals surface area (Å²) < 4.78 is 1.37. The first-order valence-corrected chi connectivity index (χ1v) is 39.4. The van der Waals surface area contributed by atoms with E-state index < -0.39 is 182 Å². The highest BCUT2D eigenvalue weighted by molar-refractivity contribution is 6.00.